The maximum atomic E-state index is 10.9. The Labute approximate surface area is 113 Å². The maximum absolute atomic E-state index is 10.9. The van der Waals surface area contributed by atoms with Crippen LogP contribution in [0.4, 0.5) is 0 Å². The Morgan fingerprint density at radius 2 is 2.21 bits per heavy atom. The van der Waals surface area contributed by atoms with Crippen LogP contribution in [0.3, 0.4) is 0 Å². The van der Waals surface area contributed by atoms with Gasteiger partial charge in [-0.05, 0) is 23.5 Å². The van der Waals surface area contributed by atoms with Gasteiger partial charge in [-0.1, -0.05) is 26.8 Å². The smallest absolute Gasteiger partial charge is 0.345 e. The monoisotopic (exact) mass is 264 g/mol. The third kappa shape index (κ3) is 3.63. The minimum atomic E-state index is -0.925. The molecule has 1 aromatic rings. The van der Waals surface area contributed by atoms with Crippen molar-refractivity contribution in [3.8, 4) is 11.5 Å². The van der Waals surface area contributed by atoms with Crippen LogP contribution in [0, 0.1) is 5.41 Å². The second-order valence-electron chi connectivity index (χ2n) is 6.08. The van der Waals surface area contributed by atoms with Crippen molar-refractivity contribution < 1.29 is 19.4 Å². The lowest BCUT2D eigenvalue weighted by molar-refractivity contribution is -0.144. The number of carboxylic acids is 1. The van der Waals surface area contributed by atoms with Crippen LogP contribution in [-0.2, 0) is 11.2 Å². The summed E-state index contributed by atoms with van der Waals surface area (Å²) in [5.74, 6) is 0.432. The largest absolute Gasteiger partial charge is 0.493 e. The molecule has 0 bridgehead atoms. The number of hydrogen-bond donors (Lipinski definition) is 1. The average Bonchev–Trinajstić information content (AvgIpc) is 2.70. The van der Waals surface area contributed by atoms with E-state index in [1.165, 1.54) is 0 Å². The zero-order chi connectivity index (χ0) is 14.0. The first-order chi connectivity index (χ1) is 8.85. The SMILES string of the molecule is CC(C)(C)CCOc1ccc2c(c1)OC(C(=O)O)C2. The van der Waals surface area contributed by atoms with Gasteiger partial charge in [-0.15, -0.1) is 0 Å². The molecule has 0 aliphatic carbocycles. The Kier molecular flexibility index (Phi) is 3.69. The standard InChI is InChI=1S/C15H20O4/c1-15(2,3)6-7-18-11-5-4-10-8-13(14(16)17)19-12(10)9-11/h4-5,9,13H,6-8H2,1-3H3,(H,16,17). The van der Waals surface area contributed by atoms with Crippen molar-refractivity contribution in [2.24, 2.45) is 5.41 Å². The predicted octanol–water partition coefficient (Wildman–Crippen LogP) is 2.89. The lowest BCUT2D eigenvalue weighted by atomic mass is 9.93. The van der Waals surface area contributed by atoms with Gasteiger partial charge < -0.3 is 14.6 Å². The molecule has 4 nitrogen and oxygen atoms in total. The molecular weight excluding hydrogens is 244 g/mol. The number of carboxylic acid groups (broad SMARTS) is 1. The fourth-order valence-electron chi connectivity index (χ4n) is 1.91. The Morgan fingerprint density at radius 3 is 2.84 bits per heavy atom. The van der Waals surface area contributed by atoms with Crippen LogP contribution >= 0.6 is 0 Å². The summed E-state index contributed by atoms with van der Waals surface area (Å²) in [6.45, 7) is 7.14. The number of benzene rings is 1. The molecule has 1 aliphatic heterocycles. The van der Waals surface area contributed by atoms with Crippen molar-refractivity contribution >= 4 is 5.97 Å². The molecule has 0 amide bonds. The van der Waals surface area contributed by atoms with E-state index in [-0.39, 0.29) is 5.41 Å². The Bertz CT molecular complexity index is 474. The molecule has 1 heterocycles. The van der Waals surface area contributed by atoms with Gasteiger partial charge >= 0.3 is 5.97 Å². The summed E-state index contributed by atoms with van der Waals surface area (Å²) in [6.07, 6.45) is 0.621. The van der Waals surface area contributed by atoms with Crippen LogP contribution in [0.15, 0.2) is 18.2 Å². The third-order valence-electron chi connectivity index (χ3n) is 3.11. The molecule has 1 aliphatic rings. The maximum Gasteiger partial charge on any atom is 0.345 e. The summed E-state index contributed by atoms with van der Waals surface area (Å²) >= 11 is 0. The number of aliphatic carboxylic acids is 1. The molecule has 1 N–H and O–H groups in total. The van der Waals surface area contributed by atoms with Crippen LogP contribution in [0.5, 0.6) is 11.5 Å². The van der Waals surface area contributed by atoms with E-state index in [1.54, 1.807) is 6.07 Å². The van der Waals surface area contributed by atoms with Gasteiger partial charge in [-0.3, -0.25) is 0 Å². The van der Waals surface area contributed by atoms with Crippen LogP contribution < -0.4 is 9.47 Å². The highest BCUT2D eigenvalue weighted by atomic mass is 16.5. The van der Waals surface area contributed by atoms with Gasteiger partial charge in [0.1, 0.15) is 11.5 Å². The summed E-state index contributed by atoms with van der Waals surface area (Å²) < 4.78 is 11.1. The molecule has 1 unspecified atom stereocenters. The van der Waals surface area contributed by atoms with Gasteiger partial charge in [0.15, 0.2) is 6.10 Å². The Hall–Kier alpha value is -1.71. The summed E-state index contributed by atoms with van der Waals surface area (Å²) in [7, 11) is 0. The highest BCUT2D eigenvalue weighted by molar-refractivity contribution is 5.74. The molecule has 1 atom stereocenters. The first-order valence-corrected chi connectivity index (χ1v) is 6.50. The summed E-state index contributed by atoms with van der Waals surface area (Å²) in [6, 6.07) is 5.53. The number of carbonyl (C=O) groups is 1. The lowest BCUT2D eigenvalue weighted by Crippen LogP contribution is -2.24. The molecular formula is C15H20O4. The molecule has 0 aromatic heterocycles. The van der Waals surface area contributed by atoms with Crippen molar-refractivity contribution in [1.29, 1.82) is 0 Å². The molecule has 2 rings (SSSR count). The van der Waals surface area contributed by atoms with E-state index in [1.807, 2.05) is 12.1 Å². The Morgan fingerprint density at radius 1 is 1.47 bits per heavy atom. The van der Waals surface area contributed by atoms with E-state index in [0.717, 1.165) is 17.7 Å². The molecule has 1 aromatic carbocycles. The van der Waals surface area contributed by atoms with Crippen molar-refractivity contribution in [1.82, 2.24) is 0 Å². The minimum Gasteiger partial charge on any atom is -0.493 e. The summed E-state index contributed by atoms with van der Waals surface area (Å²) in [5, 5.41) is 8.93. The number of rotatable bonds is 4. The fraction of sp³-hybridized carbons (Fsp3) is 0.533. The molecule has 0 saturated carbocycles. The van der Waals surface area contributed by atoms with E-state index in [4.69, 9.17) is 14.6 Å². The Balaban J connectivity index is 1.96. The second-order valence-corrected chi connectivity index (χ2v) is 6.08. The molecule has 0 saturated heterocycles. The molecule has 19 heavy (non-hydrogen) atoms. The lowest BCUT2D eigenvalue weighted by Gasteiger charge is -2.18. The third-order valence-corrected chi connectivity index (χ3v) is 3.11. The molecule has 0 spiro atoms. The number of ether oxygens (including phenoxy) is 2. The van der Waals surface area contributed by atoms with Crippen molar-refractivity contribution in [3.05, 3.63) is 23.8 Å². The van der Waals surface area contributed by atoms with Gasteiger partial charge in [-0.25, -0.2) is 4.79 Å². The molecule has 4 heteroatoms. The fourth-order valence-corrected chi connectivity index (χ4v) is 1.91. The molecule has 104 valence electrons. The van der Waals surface area contributed by atoms with Crippen LogP contribution in [-0.4, -0.2) is 23.8 Å². The van der Waals surface area contributed by atoms with Crippen molar-refractivity contribution in [2.75, 3.05) is 6.61 Å². The normalized spacial score (nSPS) is 17.7. The molecule has 0 fully saturated rings. The highest BCUT2D eigenvalue weighted by Crippen LogP contribution is 2.32. The zero-order valence-corrected chi connectivity index (χ0v) is 11.6. The van der Waals surface area contributed by atoms with Gasteiger partial charge in [0.2, 0.25) is 0 Å². The van der Waals surface area contributed by atoms with E-state index in [2.05, 4.69) is 20.8 Å². The predicted molar refractivity (Wildman–Crippen MR) is 71.8 cm³/mol. The molecule has 0 radical (unpaired) electrons. The minimum absolute atomic E-state index is 0.238. The van der Waals surface area contributed by atoms with Gasteiger partial charge in [0.05, 0.1) is 6.61 Å². The zero-order valence-electron chi connectivity index (χ0n) is 11.6. The summed E-state index contributed by atoms with van der Waals surface area (Å²) in [4.78, 5) is 10.9. The van der Waals surface area contributed by atoms with E-state index < -0.39 is 12.1 Å². The van der Waals surface area contributed by atoms with Gasteiger partial charge in [-0.2, -0.15) is 0 Å². The van der Waals surface area contributed by atoms with Crippen LogP contribution in [0.2, 0.25) is 0 Å². The van der Waals surface area contributed by atoms with Crippen molar-refractivity contribution in [3.63, 3.8) is 0 Å². The van der Waals surface area contributed by atoms with Crippen LogP contribution in [0.25, 0.3) is 0 Å². The van der Waals surface area contributed by atoms with E-state index in [0.29, 0.717) is 18.8 Å². The first kappa shape index (κ1) is 13.7. The highest BCUT2D eigenvalue weighted by Gasteiger charge is 2.28. The first-order valence-electron chi connectivity index (χ1n) is 6.50. The van der Waals surface area contributed by atoms with E-state index in [9.17, 15) is 4.79 Å². The van der Waals surface area contributed by atoms with Crippen molar-refractivity contribution in [2.45, 2.75) is 39.7 Å². The van der Waals surface area contributed by atoms with Gasteiger partial charge in [0.25, 0.3) is 0 Å². The second kappa shape index (κ2) is 5.11. The average molecular weight is 264 g/mol. The quantitative estimate of drug-likeness (QED) is 0.908. The topological polar surface area (TPSA) is 55.8 Å². The number of fused-ring (bicyclic) bond motifs is 1. The summed E-state index contributed by atoms with van der Waals surface area (Å²) in [5.41, 5.74) is 1.16. The van der Waals surface area contributed by atoms with E-state index >= 15 is 0 Å². The van der Waals surface area contributed by atoms with Gasteiger partial charge in [0, 0.05) is 12.5 Å². The number of hydrogen-bond acceptors (Lipinski definition) is 3. The van der Waals surface area contributed by atoms with Crippen LogP contribution in [0.1, 0.15) is 32.8 Å².